The minimum atomic E-state index is -3.37. The van der Waals surface area contributed by atoms with Gasteiger partial charge in [0.2, 0.25) is 0 Å². The van der Waals surface area contributed by atoms with E-state index in [2.05, 4.69) is 103 Å². The first-order valence-corrected chi connectivity index (χ1v) is 17.9. The van der Waals surface area contributed by atoms with Crippen LogP contribution < -0.4 is 10.7 Å². The molecule has 0 heterocycles. The average molecular weight is 494 g/mol. The molecule has 4 aromatic rings. The van der Waals surface area contributed by atoms with Gasteiger partial charge in [-0.05, 0) is 0 Å². The van der Waals surface area contributed by atoms with E-state index in [1.54, 1.807) is 0 Å². The molecule has 0 radical (unpaired) electrons. The topological polar surface area (TPSA) is 0 Å². The molecule has 0 aliphatic carbocycles. The van der Waals surface area contributed by atoms with Gasteiger partial charge < -0.3 is 0 Å². The Morgan fingerprint density at radius 2 is 0.852 bits per heavy atom. The van der Waals surface area contributed by atoms with Crippen LogP contribution in [0.3, 0.4) is 0 Å². The van der Waals surface area contributed by atoms with Gasteiger partial charge in [-0.1, -0.05) is 0 Å². The van der Waals surface area contributed by atoms with Gasteiger partial charge in [-0.15, -0.1) is 0 Å². The summed E-state index contributed by atoms with van der Waals surface area (Å²) in [5, 5.41) is 0.825. The van der Waals surface area contributed by atoms with Crippen LogP contribution in [0.2, 0.25) is 5.02 Å². The summed E-state index contributed by atoms with van der Waals surface area (Å²) in [6.07, 6.45) is 0. The first-order valence-electron chi connectivity index (χ1n) is 8.91. The second kappa shape index (κ2) is 8.55. The molecule has 0 atom stereocenters. The van der Waals surface area contributed by atoms with Crippen molar-refractivity contribution < 1.29 is 0 Å². The summed E-state index contributed by atoms with van der Waals surface area (Å²) in [7, 11) is 2.00. The van der Waals surface area contributed by atoms with Crippen molar-refractivity contribution in [1.29, 1.82) is 0 Å². The third kappa shape index (κ3) is 3.82. The zero-order valence-corrected chi connectivity index (χ0v) is 19.2. The molecule has 0 aromatic heterocycles. The molecule has 0 saturated heterocycles. The van der Waals surface area contributed by atoms with Crippen molar-refractivity contribution in [3.8, 4) is 0 Å². The second-order valence-electron chi connectivity index (χ2n) is 6.31. The summed E-state index contributed by atoms with van der Waals surface area (Å²) in [6, 6.07) is 41.2. The molecule has 0 spiro atoms. The number of halogens is 1. The predicted molar refractivity (Wildman–Crippen MR) is 121 cm³/mol. The van der Waals surface area contributed by atoms with Crippen LogP contribution in [0.5, 0.6) is 0 Å². The SMILES string of the molecule is Clc1ccccc1[S][Sn]([c]1ccccc1)([c]1ccccc1)[c]1ccccc1. The van der Waals surface area contributed by atoms with E-state index in [0.29, 0.717) is 0 Å². The van der Waals surface area contributed by atoms with E-state index in [-0.39, 0.29) is 0 Å². The Bertz CT molecular complexity index is 907. The number of benzene rings is 4. The molecule has 0 aliphatic rings. The number of hydrogen-bond donors (Lipinski definition) is 0. The number of hydrogen-bond acceptors (Lipinski definition) is 1. The van der Waals surface area contributed by atoms with Crippen molar-refractivity contribution in [3.05, 3.63) is 120 Å². The second-order valence-corrected chi connectivity index (χ2v) is 22.1. The molecular weight excluding hydrogens is 474 g/mol. The Balaban J connectivity index is 2.02. The fourth-order valence-electron chi connectivity index (χ4n) is 3.39. The van der Waals surface area contributed by atoms with E-state index < -0.39 is 17.0 Å². The zero-order valence-electron chi connectivity index (χ0n) is 14.8. The Kier molecular flexibility index (Phi) is 5.92. The molecule has 0 aliphatic heterocycles. The van der Waals surface area contributed by atoms with Gasteiger partial charge in [0.25, 0.3) is 0 Å². The molecule has 4 rings (SSSR count). The zero-order chi connectivity index (χ0) is 18.5. The fraction of sp³-hybridized carbons (Fsp3) is 0. The van der Waals surface area contributed by atoms with Gasteiger partial charge >= 0.3 is 173 Å². The monoisotopic (exact) mass is 494 g/mol. The van der Waals surface area contributed by atoms with E-state index in [4.69, 9.17) is 11.6 Å². The standard InChI is InChI=1S/C6H5ClS.3C6H5.Sn/c7-5-3-1-2-4-6(5)8;3*1-2-4-6-5-3-1;/h1-4,8H;3*1-5H;/q;;;;+1/p-1. The minimum absolute atomic E-state index is 0.825. The van der Waals surface area contributed by atoms with Crippen molar-refractivity contribution >= 4 is 48.3 Å². The Labute approximate surface area is 172 Å². The first kappa shape index (κ1) is 18.7. The van der Waals surface area contributed by atoms with Crippen LogP contribution in [0.4, 0.5) is 0 Å². The molecular formula is C24H19ClSSn. The van der Waals surface area contributed by atoms with Crippen LogP contribution in [0.25, 0.3) is 0 Å². The fourth-order valence-corrected chi connectivity index (χ4v) is 23.8. The molecule has 132 valence electrons. The van der Waals surface area contributed by atoms with E-state index in [9.17, 15) is 0 Å². The van der Waals surface area contributed by atoms with Crippen molar-refractivity contribution in [3.63, 3.8) is 0 Å². The maximum absolute atomic E-state index is 6.61. The molecule has 3 heteroatoms. The first-order chi connectivity index (χ1) is 13.3. The molecule has 0 unspecified atom stereocenters. The average Bonchev–Trinajstić information content (AvgIpc) is 2.75. The van der Waals surface area contributed by atoms with Gasteiger partial charge in [0.15, 0.2) is 0 Å². The van der Waals surface area contributed by atoms with Crippen molar-refractivity contribution in [2.45, 2.75) is 4.90 Å². The summed E-state index contributed by atoms with van der Waals surface area (Å²) >= 11 is 3.23. The van der Waals surface area contributed by atoms with Crippen molar-refractivity contribution in [2.75, 3.05) is 0 Å². The third-order valence-corrected chi connectivity index (χ3v) is 25.0. The normalized spacial score (nSPS) is 11.3. The predicted octanol–water partition coefficient (Wildman–Crippen LogP) is 5.10. The van der Waals surface area contributed by atoms with Crippen LogP contribution in [-0.4, -0.2) is 17.0 Å². The number of rotatable bonds is 5. The van der Waals surface area contributed by atoms with Crippen LogP contribution >= 0.6 is 20.5 Å². The van der Waals surface area contributed by atoms with E-state index >= 15 is 0 Å². The van der Waals surface area contributed by atoms with Crippen LogP contribution in [0, 0.1) is 0 Å². The van der Waals surface area contributed by atoms with E-state index in [0.717, 1.165) is 9.92 Å². The van der Waals surface area contributed by atoms with E-state index in [1.807, 2.05) is 21.1 Å². The van der Waals surface area contributed by atoms with Crippen molar-refractivity contribution in [2.24, 2.45) is 0 Å². The molecule has 4 aromatic carbocycles. The van der Waals surface area contributed by atoms with Gasteiger partial charge in [0.1, 0.15) is 0 Å². The molecule has 0 saturated carbocycles. The van der Waals surface area contributed by atoms with Gasteiger partial charge in [0, 0.05) is 0 Å². The molecule has 0 bridgehead atoms. The molecule has 0 N–H and O–H groups in total. The summed E-state index contributed by atoms with van der Waals surface area (Å²) < 4.78 is 4.32. The third-order valence-electron chi connectivity index (χ3n) is 4.64. The Morgan fingerprint density at radius 1 is 0.481 bits per heavy atom. The maximum atomic E-state index is 6.61. The van der Waals surface area contributed by atoms with Gasteiger partial charge in [0.05, 0.1) is 0 Å². The summed E-state index contributed by atoms with van der Waals surface area (Å²) in [6.45, 7) is 0. The van der Waals surface area contributed by atoms with Gasteiger partial charge in [-0.2, -0.15) is 0 Å². The van der Waals surface area contributed by atoms with Crippen LogP contribution in [-0.2, 0) is 0 Å². The van der Waals surface area contributed by atoms with Crippen molar-refractivity contribution in [1.82, 2.24) is 0 Å². The summed E-state index contributed by atoms with van der Waals surface area (Å²) in [5.74, 6) is 0. The molecule has 0 fully saturated rings. The van der Waals surface area contributed by atoms with Crippen LogP contribution in [0.15, 0.2) is 120 Å². The Hall–Kier alpha value is -1.68. The molecule has 27 heavy (non-hydrogen) atoms. The van der Waals surface area contributed by atoms with Gasteiger partial charge in [-0.25, -0.2) is 0 Å². The molecule has 0 nitrogen and oxygen atoms in total. The van der Waals surface area contributed by atoms with E-state index in [1.165, 1.54) is 10.7 Å². The summed E-state index contributed by atoms with van der Waals surface area (Å²) in [5.41, 5.74) is 0. The Morgan fingerprint density at radius 3 is 1.26 bits per heavy atom. The van der Waals surface area contributed by atoms with Crippen LogP contribution in [0.1, 0.15) is 0 Å². The van der Waals surface area contributed by atoms with Gasteiger partial charge in [-0.3, -0.25) is 0 Å². The summed E-state index contributed by atoms with van der Waals surface area (Å²) in [4.78, 5) is 1.16. The molecule has 0 amide bonds. The quantitative estimate of drug-likeness (QED) is 0.349.